The van der Waals surface area contributed by atoms with E-state index in [0.717, 1.165) is 61.1 Å². The molecule has 28 heavy (non-hydrogen) atoms. The summed E-state index contributed by atoms with van der Waals surface area (Å²) in [7, 11) is 1.62. The molecule has 0 radical (unpaired) electrons. The van der Waals surface area contributed by atoms with Crippen molar-refractivity contribution < 1.29 is 18.7 Å². The molecular formula is C22H28N2O4. The molecule has 6 heteroatoms. The molecule has 2 aliphatic rings. The van der Waals surface area contributed by atoms with Crippen molar-refractivity contribution in [1.29, 1.82) is 0 Å². The summed E-state index contributed by atoms with van der Waals surface area (Å²) in [6.07, 6.45) is 6.99. The van der Waals surface area contributed by atoms with Gasteiger partial charge >= 0.3 is 0 Å². The Labute approximate surface area is 165 Å². The van der Waals surface area contributed by atoms with E-state index in [4.69, 9.17) is 9.15 Å². The molecule has 0 unspecified atom stereocenters. The van der Waals surface area contributed by atoms with Gasteiger partial charge < -0.3 is 19.0 Å². The SMILES string of the molecule is COc1ccc2c(CC(=O)N3CCC(C(=O)N4CCCCC4)CC3)coc2c1. The molecule has 4 rings (SSSR count). The Morgan fingerprint density at radius 1 is 1.07 bits per heavy atom. The van der Waals surface area contributed by atoms with Gasteiger partial charge in [-0.1, -0.05) is 0 Å². The highest BCUT2D eigenvalue weighted by Crippen LogP contribution is 2.27. The van der Waals surface area contributed by atoms with E-state index in [0.29, 0.717) is 25.4 Å². The molecule has 0 N–H and O–H groups in total. The molecule has 150 valence electrons. The van der Waals surface area contributed by atoms with Crippen LogP contribution in [0.2, 0.25) is 0 Å². The van der Waals surface area contributed by atoms with Gasteiger partial charge in [-0.2, -0.15) is 0 Å². The van der Waals surface area contributed by atoms with Crippen molar-refractivity contribution in [3.8, 4) is 5.75 Å². The molecular weight excluding hydrogens is 356 g/mol. The van der Waals surface area contributed by atoms with Crippen molar-refractivity contribution in [3.63, 3.8) is 0 Å². The predicted molar refractivity (Wildman–Crippen MR) is 106 cm³/mol. The molecule has 0 atom stereocenters. The van der Waals surface area contributed by atoms with Crippen LogP contribution < -0.4 is 4.74 Å². The van der Waals surface area contributed by atoms with Gasteiger partial charge in [-0.05, 0) is 44.2 Å². The highest BCUT2D eigenvalue weighted by molar-refractivity contribution is 5.88. The van der Waals surface area contributed by atoms with Gasteiger partial charge in [0, 0.05) is 49.1 Å². The number of nitrogens with zero attached hydrogens (tertiary/aromatic N) is 2. The van der Waals surface area contributed by atoms with E-state index in [1.165, 1.54) is 6.42 Å². The molecule has 2 aromatic rings. The molecule has 1 aromatic carbocycles. The molecule has 2 amide bonds. The van der Waals surface area contributed by atoms with Crippen molar-refractivity contribution in [3.05, 3.63) is 30.0 Å². The van der Waals surface area contributed by atoms with Crippen LogP contribution in [0.5, 0.6) is 5.75 Å². The topological polar surface area (TPSA) is 63.0 Å². The second-order valence-corrected chi connectivity index (χ2v) is 7.84. The number of methoxy groups -OCH3 is 1. The molecule has 6 nitrogen and oxygen atoms in total. The summed E-state index contributed by atoms with van der Waals surface area (Å²) in [5.74, 6) is 1.20. The average molecular weight is 384 g/mol. The summed E-state index contributed by atoms with van der Waals surface area (Å²) in [5, 5.41) is 0.948. The normalized spacial score (nSPS) is 18.5. The van der Waals surface area contributed by atoms with Gasteiger partial charge in [0.05, 0.1) is 19.8 Å². The quantitative estimate of drug-likeness (QED) is 0.812. The first-order chi connectivity index (χ1) is 13.7. The lowest BCUT2D eigenvalue weighted by Gasteiger charge is -2.35. The van der Waals surface area contributed by atoms with E-state index in [1.807, 2.05) is 28.0 Å². The average Bonchev–Trinajstić information content (AvgIpc) is 3.15. The molecule has 2 fully saturated rings. The molecule has 2 aliphatic heterocycles. The first-order valence-corrected chi connectivity index (χ1v) is 10.3. The Kier molecular flexibility index (Phi) is 5.55. The highest BCUT2D eigenvalue weighted by Gasteiger charge is 2.30. The van der Waals surface area contributed by atoms with E-state index in [9.17, 15) is 9.59 Å². The summed E-state index contributed by atoms with van der Waals surface area (Å²) in [4.78, 5) is 29.4. The van der Waals surface area contributed by atoms with Gasteiger partial charge in [0.25, 0.3) is 0 Å². The minimum absolute atomic E-state index is 0.0735. The van der Waals surface area contributed by atoms with Gasteiger partial charge in [0.2, 0.25) is 11.8 Å². The Morgan fingerprint density at radius 3 is 2.54 bits per heavy atom. The molecule has 3 heterocycles. The van der Waals surface area contributed by atoms with Crippen LogP contribution in [0.15, 0.2) is 28.9 Å². The van der Waals surface area contributed by atoms with Crippen molar-refractivity contribution in [2.24, 2.45) is 5.92 Å². The fourth-order valence-corrected chi connectivity index (χ4v) is 4.35. The van der Waals surface area contributed by atoms with Crippen LogP contribution in [0.25, 0.3) is 11.0 Å². The summed E-state index contributed by atoms with van der Waals surface area (Å²) in [6.45, 7) is 3.12. The molecule has 2 saturated heterocycles. The lowest BCUT2D eigenvalue weighted by molar-refractivity contribution is -0.141. The van der Waals surface area contributed by atoms with Gasteiger partial charge in [-0.3, -0.25) is 9.59 Å². The third-order valence-electron chi connectivity index (χ3n) is 6.07. The number of benzene rings is 1. The van der Waals surface area contributed by atoms with Crippen LogP contribution in [-0.4, -0.2) is 54.9 Å². The number of amides is 2. The number of hydrogen-bond acceptors (Lipinski definition) is 4. The zero-order valence-corrected chi connectivity index (χ0v) is 16.5. The second kappa shape index (κ2) is 8.25. The minimum atomic E-state index is 0.0735. The Bertz CT molecular complexity index is 845. The van der Waals surface area contributed by atoms with Crippen molar-refractivity contribution in [2.75, 3.05) is 33.3 Å². The first-order valence-electron chi connectivity index (χ1n) is 10.3. The maximum Gasteiger partial charge on any atom is 0.227 e. The van der Waals surface area contributed by atoms with Crippen LogP contribution in [0.3, 0.4) is 0 Å². The molecule has 1 aromatic heterocycles. The predicted octanol–water partition coefficient (Wildman–Crippen LogP) is 3.24. The number of hydrogen-bond donors (Lipinski definition) is 0. The van der Waals surface area contributed by atoms with Crippen LogP contribution in [0.4, 0.5) is 0 Å². The van der Waals surface area contributed by atoms with Gasteiger partial charge in [0.15, 0.2) is 0 Å². The van der Waals surface area contributed by atoms with Gasteiger partial charge in [0.1, 0.15) is 11.3 Å². The zero-order chi connectivity index (χ0) is 19.5. The van der Waals surface area contributed by atoms with Crippen molar-refractivity contribution in [2.45, 2.75) is 38.5 Å². The van der Waals surface area contributed by atoms with Crippen LogP contribution >= 0.6 is 0 Å². The van der Waals surface area contributed by atoms with Crippen molar-refractivity contribution in [1.82, 2.24) is 9.80 Å². The second-order valence-electron chi connectivity index (χ2n) is 7.84. The highest BCUT2D eigenvalue weighted by atomic mass is 16.5. The van der Waals surface area contributed by atoms with Gasteiger partial charge in [-0.25, -0.2) is 0 Å². The number of carbonyl (C=O) groups is 2. The van der Waals surface area contributed by atoms with Gasteiger partial charge in [-0.15, -0.1) is 0 Å². The van der Waals surface area contributed by atoms with Crippen molar-refractivity contribution >= 4 is 22.8 Å². The van der Waals surface area contributed by atoms with E-state index >= 15 is 0 Å². The number of likely N-dealkylation sites (tertiary alicyclic amines) is 2. The minimum Gasteiger partial charge on any atom is -0.497 e. The standard InChI is InChI=1S/C22H28N2O4/c1-27-18-5-6-19-17(15-28-20(19)14-18)13-21(25)23-11-7-16(8-12-23)22(26)24-9-3-2-4-10-24/h5-6,14-16H,2-4,7-13H2,1H3. The maximum atomic E-state index is 12.8. The fourth-order valence-electron chi connectivity index (χ4n) is 4.35. The maximum absolute atomic E-state index is 12.8. The first kappa shape index (κ1) is 18.8. The number of carbonyl (C=O) groups excluding carboxylic acids is 2. The lowest BCUT2D eigenvalue weighted by Crippen LogP contribution is -2.46. The lowest BCUT2D eigenvalue weighted by atomic mass is 9.94. The van der Waals surface area contributed by atoms with E-state index in [1.54, 1.807) is 13.4 Å². The zero-order valence-electron chi connectivity index (χ0n) is 16.5. The Hall–Kier alpha value is -2.50. The Morgan fingerprint density at radius 2 is 1.82 bits per heavy atom. The largest absolute Gasteiger partial charge is 0.497 e. The smallest absolute Gasteiger partial charge is 0.227 e. The van der Waals surface area contributed by atoms with Crippen LogP contribution in [0.1, 0.15) is 37.7 Å². The number of ether oxygens (including phenoxy) is 1. The summed E-state index contributed by atoms with van der Waals surface area (Å²) < 4.78 is 10.8. The number of fused-ring (bicyclic) bond motifs is 1. The molecule has 0 spiro atoms. The van der Waals surface area contributed by atoms with E-state index in [-0.39, 0.29) is 11.8 Å². The fraction of sp³-hybridized carbons (Fsp3) is 0.545. The molecule has 0 saturated carbocycles. The number of rotatable bonds is 4. The number of furan rings is 1. The summed E-state index contributed by atoms with van der Waals surface area (Å²) >= 11 is 0. The molecule has 0 aliphatic carbocycles. The van der Waals surface area contributed by atoms with Crippen LogP contribution in [-0.2, 0) is 16.0 Å². The van der Waals surface area contributed by atoms with E-state index in [2.05, 4.69) is 0 Å². The number of piperidine rings is 2. The third kappa shape index (κ3) is 3.86. The third-order valence-corrected chi connectivity index (χ3v) is 6.07. The summed E-state index contributed by atoms with van der Waals surface area (Å²) in [6, 6.07) is 5.65. The Balaban J connectivity index is 1.33. The monoisotopic (exact) mass is 384 g/mol. The molecule has 0 bridgehead atoms. The van der Waals surface area contributed by atoms with Crippen LogP contribution in [0, 0.1) is 5.92 Å². The summed E-state index contributed by atoms with van der Waals surface area (Å²) in [5.41, 5.74) is 1.63. The van der Waals surface area contributed by atoms with E-state index < -0.39 is 0 Å².